The molecule has 2 saturated heterocycles. The smallest absolute Gasteiger partial charge is 0.251 e. The summed E-state index contributed by atoms with van der Waals surface area (Å²) < 4.78 is 22.0. The lowest BCUT2D eigenvalue weighted by molar-refractivity contribution is -0.141. The molecule has 1 atom stereocenters. The third-order valence-corrected chi connectivity index (χ3v) is 6.07. The molecule has 1 N–H and O–H groups in total. The molecule has 1 aromatic heterocycles. The fraction of sp³-hybridized carbons (Fsp3) is 0.609. The van der Waals surface area contributed by atoms with Gasteiger partial charge in [-0.25, -0.2) is 9.97 Å². The fourth-order valence-electron chi connectivity index (χ4n) is 4.28. The summed E-state index contributed by atoms with van der Waals surface area (Å²) in [5.74, 6) is 1.92. The summed E-state index contributed by atoms with van der Waals surface area (Å²) in [6.07, 6.45) is 2.03. The van der Waals surface area contributed by atoms with E-state index in [0.29, 0.717) is 63.3 Å². The van der Waals surface area contributed by atoms with Crippen LogP contribution in [0.25, 0.3) is 10.9 Å². The molecule has 180 valence electrons. The van der Waals surface area contributed by atoms with Crippen LogP contribution >= 0.6 is 0 Å². The molecule has 10 heteroatoms. The number of fused-ring (bicyclic) bond motifs is 1. The molecular weight excluding hydrogens is 428 g/mol. The lowest BCUT2D eigenvalue weighted by Crippen LogP contribution is -2.51. The maximum Gasteiger partial charge on any atom is 0.251 e. The Morgan fingerprint density at radius 3 is 2.55 bits per heavy atom. The molecule has 0 saturated carbocycles. The van der Waals surface area contributed by atoms with E-state index < -0.39 is 0 Å². The van der Waals surface area contributed by atoms with Gasteiger partial charge in [0, 0.05) is 50.7 Å². The van der Waals surface area contributed by atoms with Crippen molar-refractivity contribution in [1.29, 1.82) is 0 Å². The maximum absolute atomic E-state index is 12.7. The van der Waals surface area contributed by atoms with Gasteiger partial charge < -0.3 is 33.9 Å². The highest BCUT2D eigenvalue weighted by Gasteiger charge is 2.31. The Morgan fingerprint density at radius 2 is 1.88 bits per heavy atom. The highest BCUT2D eigenvalue weighted by molar-refractivity contribution is 5.86. The number of benzene rings is 1. The molecule has 2 aliphatic heterocycles. The normalized spacial score (nSPS) is 18.7. The van der Waals surface area contributed by atoms with Crippen molar-refractivity contribution in [2.45, 2.75) is 25.4 Å². The molecule has 33 heavy (non-hydrogen) atoms. The second-order valence-electron chi connectivity index (χ2n) is 8.09. The zero-order valence-corrected chi connectivity index (χ0v) is 19.3. The topological polar surface area (TPSA) is 106 Å². The van der Waals surface area contributed by atoms with Gasteiger partial charge in [-0.15, -0.1) is 0 Å². The van der Waals surface area contributed by atoms with E-state index in [1.54, 1.807) is 14.2 Å². The largest absolute Gasteiger partial charge is 0.493 e. The minimum absolute atomic E-state index is 0.0182. The van der Waals surface area contributed by atoms with E-state index in [0.717, 1.165) is 29.4 Å². The van der Waals surface area contributed by atoms with Gasteiger partial charge in [0.25, 0.3) is 5.91 Å². The zero-order chi connectivity index (χ0) is 23.2. The Labute approximate surface area is 193 Å². The average molecular weight is 461 g/mol. The molecule has 10 nitrogen and oxygen atoms in total. The predicted octanol–water partition coefficient (Wildman–Crippen LogP) is 1.03. The summed E-state index contributed by atoms with van der Waals surface area (Å²) in [4.78, 5) is 26.3. The van der Waals surface area contributed by atoms with Crippen molar-refractivity contribution < 1.29 is 28.8 Å². The first-order valence-corrected chi connectivity index (χ1v) is 11.4. The molecule has 1 amide bonds. The number of aromatic nitrogens is 2. The number of aliphatic hydroxyl groups excluding tert-OH is 1. The minimum atomic E-state index is -0.290. The number of ether oxygens (including phenoxy) is 4. The molecule has 2 aliphatic rings. The summed E-state index contributed by atoms with van der Waals surface area (Å²) >= 11 is 0. The quantitative estimate of drug-likeness (QED) is 0.549. The number of piperazine rings is 1. The second kappa shape index (κ2) is 11.0. The number of rotatable bonds is 9. The Bertz CT molecular complexity index is 958. The Hall–Kier alpha value is -2.69. The number of hydrogen-bond donors (Lipinski definition) is 1. The van der Waals surface area contributed by atoms with Gasteiger partial charge in [0.2, 0.25) is 5.95 Å². The molecular formula is C23H32N4O6. The number of amides is 1. The van der Waals surface area contributed by atoms with E-state index >= 15 is 0 Å². The lowest BCUT2D eigenvalue weighted by Gasteiger charge is -2.36. The number of nitrogens with zero attached hydrogens (tertiary/aromatic N) is 4. The highest BCUT2D eigenvalue weighted by atomic mass is 16.5. The predicted molar refractivity (Wildman–Crippen MR) is 122 cm³/mol. The summed E-state index contributed by atoms with van der Waals surface area (Å²) in [5, 5.41) is 9.85. The van der Waals surface area contributed by atoms with Crippen LogP contribution in [0, 0.1) is 0 Å². The number of anilines is 1. The first kappa shape index (κ1) is 23.5. The molecule has 2 aromatic rings. The summed E-state index contributed by atoms with van der Waals surface area (Å²) in [5.41, 5.74) is 1.60. The van der Waals surface area contributed by atoms with Gasteiger partial charge in [0.1, 0.15) is 6.10 Å². The van der Waals surface area contributed by atoms with Crippen LogP contribution in [0.15, 0.2) is 12.1 Å². The Balaban J connectivity index is 1.55. The molecule has 0 bridgehead atoms. The van der Waals surface area contributed by atoms with Gasteiger partial charge in [-0.2, -0.15) is 0 Å². The lowest BCUT2D eigenvalue weighted by atomic mass is 10.1. The van der Waals surface area contributed by atoms with E-state index in [4.69, 9.17) is 34.0 Å². The van der Waals surface area contributed by atoms with Crippen LogP contribution in [0.1, 0.15) is 18.5 Å². The first-order valence-electron chi connectivity index (χ1n) is 11.4. The molecule has 0 spiro atoms. The number of hydrogen-bond acceptors (Lipinski definition) is 9. The van der Waals surface area contributed by atoms with Gasteiger partial charge in [0.05, 0.1) is 45.3 Å². The molecule has 0 radical (unpaired) electrons. The van der Waals surface area contributed by atoms with Gasteiger partial charge >= 0.3 is 0 Å². The van der Waals surface area contributed by atoms with Crippen molar-refractivity contribution in [3.05, 3.63) is 17.8 Å². The van der Waals surface area contributed by atoms with Crippen molar-refractivity contribution in [2.75, 3.05) is 71.7 Å². The van der Waals surface area contributed by atoms with Crippen molar-refractivity contribution in [1.82, 2.24) is 14.9 Å². The maximum atomic E-state index is 12.7. The van der Waals surface area contributed by atoms with Crippen LogP contribution in [0.5, 0.6) is 11.5 Å². The van der Waals surface area contributed by atoms with Crippen LogP contribution < -0.4 is 14.4 Å². The molecule has 1 unspecified atom stereocenters. The first-order chi connectivity index (χ1) is 16.1. The number of methoxy groups -OCH3 is 2. The number of carbonyl (C=O) groups is 1. The van der Waals surface area contributed by atoms with Crippen LogP contribution in [0.4, 0.5) is 5.95 Å². The van der Waals surface area contributed by atoms with E-state index in [1.165, 1.54) is 0 Å². The average Bonchev–Trinajstić information content (AvgIpc) is 3.40. The van der Waals surface area contributed by atoms with Crippen molar-refractivity contribution in [2.24, 2.45) is 0 Å². The molecule has 4 rings (SSSR count). The van der Waals surface area contributed by atoms with Gasteiger partial charge in [-0.1, -0.05) is 0 Å². The number of carbonyl (C=O) groups excluding carboxylic acids is 1. The van der Waals surface area contributed by atoms with Crippen molar-refractivity contribution in [3.63, 3.8) is 0 Å². The van der Waals surface area contributed by atoms with Gasteiger partial charge in [0.15, 0.2) is 11.5 Å². The summed E-state index contributed by atoms with van der Waals surface area (Å²) in [7, 11) is 3.19. The SMILES string of the molecule is COc1cc2nc(N3CCN(C(=O)C4CCCO4)CC3)nc(CCOCCO)c2cc1OC. The van der Waals surface area contributed by atoms with Crippen molar-refractivity contribution in [3.8, 4) is 11.5 Å². The van der Waals surface area contributed by atoms with E-state index in [1.807, 2.05) is 17.0 Å². The van der Waals surface area contributed by atoms with E-state index in [2.05, 4.69) is 4.90 Å². The van der Waals surface area contributed by atoms with Crippen LogP contribution in [0.2, 0.25) is 0 Å². The molecule has 1 aromatic carbocycles. The number of aliphatic hydroxyl groups is 1. The van der Waals surface area contributed by atoms with E-state index in [-0.39, 0.29) is 25.2 Å². The standard InChI is InChI=1S/C23H32N4O6/c1-30-20-14-16-17(5-12-32-13-10-28)24-23(25-18(16)15-21(20)31-2)27-8-6-26(7-9-27)22(29)19-4-3-11-33-19/h14-15,19,28H,3-13H2,1-2H3. The zero-order valence-electron chi connectivity index (χ0n) is 19.3. The molecule has 2 fully saturated rings. The van der Waals surface area contributed by atoms with Crippen LogP contribution in [0.3, 0.4) is 0 Å². The monoisotopic (exact) mass is 460 g/mol. The fourth-order valence-corrected chi connectivity index (χ4v) is 4.28. The third-order valence-electron chi connectivity index (χ3n) is 6.07. The second-order valence-corrected chi connectivity index (χ2v) is 8.09. The Kier molecular flexibility index (Phi) is 7.79. The van der Waals surface area contributed by atoms with Crippen LogP contribution in [-0.4, -0.2) is 98.8 Å². The van der Waals surface area contributed by atoms with Gasteiger partial charge in [-0.05, 0) is 18.9 Å². The van der Waals surface area contributed by atoms with Crippen LogP contribution in [-0.2, 0) is 20.7 Å². The summed E-state index contributed by atoms with van der Waals surface area (Å²) in [6, 6.07) is 3.74. The van der Waals surface area contributed by atoms with E-state index in [9.17, 15) is 4.79 Å². The molecule has 3 heterocycles. The van der Waals surface area contributed by atoms with Gasteiger partial charge in [-0.3, -0.25) is 4.79 Å². The van der Waals surface area contributed by atoms with Crippen molar-refractivity contribution >= 4 is 22.8 Å². The Morgan fingerprint density at radius 1 is 1.12 bits per heavy atom. The highest BCUT2D eigenvalue weighted by Crippen LogP contribution is 2.33. The third kappa shape index (κ3) is 5.29. The summed E-state index contributed by atoms with van der Waals surface area (Å²) in [6.45, 7) is 3.89. The molecule has 0 aliphatic carbocycles. The minimum Gasteiger partial charge on any atom is -0.493 e.